The second kappa shape index (κ2) is 6.27. The van der Waals surface area contributed by atoms with Crippen LogP contribution in [0.25, 0.3) is 0 Å². The summed E-state index contributed by atoms with van der Waals surface area (Å²) in [5.74, 6) is 0.564. The second-order valence-electron chi connectivity index (χ2n) is 5.29. The number of hydrogen-bond donors (Lipinski definition) is 2. The first-order valence-corrected chi connectivity index (χ1v) is 8.03. The third kappa shape index (κ3) is 3.16. The number of nitrogens with one attached hydrogen (secondary N) is 1. The average molecular weight is 318 g/mol. The largest absolute Gasteiger partial charge is 0.364 e. The van der Waals surface area contributed by atoms with E-state index >= 15 is 0 Å². The van der Waals surface area contributed by atoms with Crippen molar-refractivity contribution in [3.05, 3.63) is 23.7 Å². The van der Waals surface area contributed by atoms with E-state index < -0.39 is 5.91 Å². The number of anilines is 3. The molecule has 2 aromatic heterocycles. The Morgan fingerprint density at radius 3 is 2.77 bits per heavy atom. The molecule has 3 rings (SSSR count). The van der Waals surface area contributed by atoms with Crippen LogP contribution in [0.5, 0.6) is 0 Å². The standard InChI is InChI=1S/C14H18N6OS/c1-9-7-11(22-19-9)18-14-12(13(15)21)16-8-10(17-14)20-5-3-2-4-6-20/h7-8H,2-6H2,1H3,(H2,15,21)(H,17,18). The van der Waals surface area contributed by atoms with Gasteiger partial charge in [-0.1, -0.05) is 0 Å². The Labute approximate surface area is 132 Å². The summed E-state index contributed by atoms with van der Waals surface area (Å²) in [4.78, 5) is 22.5. The van der Waals surface area contributed by atoms with Crippen LogP contribution in [0.15, 0.2) is 12.3 Å². The Balaban J connectivity index is 1.91. The molecule has 22 heavy (non-hydrogen) atoms. The number of nitrogens with two attached hydrogens (primary N) is 1. The Kier molecular flexibility index (Phi) is 4.19. The first-order valence-electron chi connectivity index (χ1n) is 7.25. The normalized spacial score (nSPS) is 14.9. The number of amides is 1. The number of nitrogens with zero attached hydrogens (tertiary/aromatic N) is 4. The van der Waals surface area contributed by atoms with Crippen LogP contribution in [-0.4, -0.2) is 33.3 Å². The quantitative estimate of drug-likeness (QED) is 0.896. The smallest absolute Gasteiger partial charge is 0.271 e. The van der Waals surface area contributed by atoms with Crippen LogP contribution in [0, 0.1) is 6.92 Å². The van der Waals surface area contributed by atoms with Crippen molar-refractivity contribution in [2.45, 2.75) is 26.2 Å². The molecular weight excluding hydrogens is 300 g/mol. The van der Waals surface area contributed by atoms with Crippen LogP contribution in [0.1, 0.15) is 35.4 Å². The highest BCUT2D eigenvalue weighted by molar-refractivity contribution is 7.10. The van der Waals surface area contributed by atoms with E-state index in [2.05, 4.69) is 24.6 Å². The zero-order valence-corrected chi connectivity index (χ0v) is 13.2. The van der Waals surface area contributed by atoms with Crippen molar-refractivity contribution in [2.75, 3.05) is 23.3 Å². The van der Waals surface area contributed by atoms with Crippen LogP contribution in [0.2, 0.25) is 0 Å². The van der Waals surface area contributed by atoms with E-state index in [-0.39, 0.29) is 5.69 Å². The van der Waals surface area contributed by atoms with Crippen LogP contribution in [0.4, 0.5) is 16.6 Å². The van der Waals surface area contributed by atoms with Crippen molar-refractivity contribution >= 4 is 34.1 Å². The lowest BCUT2D eigenvalue weighted by Crippen LogP contribution is -2.30. The van der Waals surface area contributed by atoms with Crippen molar-refractivity contribution in [3.63, 3.8) is 0 Å². The molecule has 0 bridgehead atoms. The summed E-state index contributed by atoms with van der Waals surface area (Å²) in [5.41, 5.74) is 6.45. The molecule has 2 aromatic rings. The molecule has 3 N–H and O–H groups in total. The van der Waals surface area contributed by atoms with Crippen LogP contribution in [0.3, 0.4) is 0 Å². The summed E-state index contributed by atoms with van der Waals surface area (Å²) in [6, 6.07) is 1.89. The maximum absolute atomic E-state index is 11.6. The molecule has 1 amide bonds. The summed E-state index contributed by atoms with van der Waals surface area (Å²) in [5, 5.41) is 3.92. The van der Waals surface area contributed by atoms with E-state index in [0.29, 0.717) is 5.82 Å². The van der Waals surface area contributed by atoms with Gasteiger partial charge in [-0.25, -0.2) is 9.97 Å². The van der Waals surface area contributed by atoms with E-state index in [4.69, 9.17) is 5.73 Å². The van der Waals surface area contributed by atoms with Crippen molar-refractivity contribution < 1.29 is 4.79 Å². The van der Waals surface area contributed by atoms with Crippen LogP contribution >= 0.6 is 11.5 Å². The molecule has 116 valence electrons. The minimum atomic E-state index is -0.596. The third-order valence-corrected chi connectivity index (χ3v) is 4.34. The second-order valence-corrected chi connectivity index (χ2v) is 6.10. The Bertz CT molecular complexity index is 680. The number of aromatic nitrogens is 3. The van der Waals surface area contributed by atoms with Crippen molar-refractivity contribution in [3.8, 4) is 0 Å². The van der Waals surface area contributed by atoms with Crippen molar-refractivity contribution in [2.24, 2.45) is 5.73 Å². The number of primary amides is 1. The van der Waals surface area contributed by atoms with Gasteiger partial charge in [-0.05, 0) is 43.8 Å². The Morgan fingerprint density at radius 1 is 1.36 bits per heavy atom. The molecule has 1 aliphatic rings. The molecule has 8 heteroatoms. The summed E-state index contributed by atoms with van der Waals surface area (Å²) >= 11 is 1.31. The lowest BCUT2D eigenvalue weighted by molar-refractivity contribution is 0.0996. The summed E-state index contributed by atoms with van der Waals surface area (Å²) in [6.07, 6.45) is 5.16. The van der Waals surface area contributed by atoms with Gasteiger partial charge in [0.1, 0.15) is 10.8 Å². The fraction of sp³-hybridized carbons (Fsp3) is 0.429. The molecular formula is C14H18N6OS. The highest BCUT2D eigenvalue weighted by atomic mass is 32.1. The first-order chi connectivity index (χ1) is 10.6. The third-order valence-electron chi connectivity index (χ3n) is 3.54. The number of carbonyl (C=O) groups excluding carboxylic acids is 1. The molecule has 7 nitrogen and oxygen atoms in total. The zero-order valence-electron chi connectivity index (χ0n) is 12.4. The highest BCUT2D eigenvalue weighted by Gasteiger charge is 2.18. The van der Waals surface area contributed by atoms with Gasteiger partial charge in [0.05, 0.1) is 11.9 Å². The highest BCUT2D eigenvalue weighted by Crippen LogP contribution is 2.25. The fourth-order valence-electron chi connectivity index (χ4n) is 2.46. The van der Waals surface area contributed by atoms with E-state index in [1.165, 1.54) is 18.0 Å². The lowest BCUT2D eigenvalue weighted by Gasteiger charge is -2.27. The van der Waals surface area contributed by atoms with Gasteiger partial charge in [-0.3, -0.25) is 4.79 Å². The molecule has 1 saturated heterocycles. The fourth-order valence-corrected chi connectivity index (χ4v) is 3.12. The molecule has 0 spiro atoms. The molecule has 3 heterocycles. The van der Waals surface area contributed by atoms with Crippen molar-refractivity contribution in [1.29, 1.82) is 0 Å². The van der Waals surface area contributed by atoms with E-state index in [1.54, 1.807) is 6.20 Å². The molecule has 0 saturated carbocycles. The lowest BCUT2D eigenvalue weighted by atomic mass is 10.1. The molecule has 0 unspecified atom stereocenters. The monoisotopic (exact) mass is 318 g/mol. The number of hydrogen-bond acceptors (Lipinski definition) is 7. The number of rotatable bonds is 4. The summed E-state index contributed by atoms with van der Waals surface area (Å²) < 4.78 is 4.20. The minimum Gasteiger partial charge on any atom is -0.364 e. The van der Waals surface area contributed by atoms with Gasteiger partial charge in [0.25, 0.3) is 5.91 Å². The molecule has 0 atom stereocenters. The van der Waals surface area contributed by atoms with Gasteiger partial charge < -0.3 is 16.0 Å². The van der Waals surface area contributed by atoms with Gasteiger partial charge in [0.15, 0.2) is 11.5 Å². The van der Waals surface area contributed by atoms with E-state index in [1.807, 2.05) is 13.0 Å². The number of aryl methyl sites for hydroxylation is 1. The summed E-state index contributed by atoms with van der Waals surface area (Å²) in [7, 11) is 0. The maximum atomic E-state index is 11.6. The average Bonchev–Trinajstić information content (AvgIpc) is 2.93. The van der Waals surface area contributed by atoms with Crippen LogP contribution < -0.4 is 16.0 Å². The van der Waals surface area contributed by atoms with Gasteiger partial charge in [-0.15, -0.1) is 0 Å². The first kappa shape index (κ1) is 14.7. The van der Waals surface area contributed by atoms with E-state index in [9.17, 15) is 4.79 Å². The molecule has 0 aliphatic carbocycles. The topological polar surface area (TPSA) is 97.0 Å². The zero-order chi connectivity index (χ0) is 15.5. The Hall–Kier alpha value is -2.22. The summed E-state index contributed by atoms with van der Waals surface area (Å²) in [6.45, 7) is 3.83. The van der Waals surface area contributed by atoms with Gasteiger partial charge in [0.2, 0.25) is 0 Å². The van der Waals surface area contributed by atoms with Gasteiger partial charge in [-0.2, -0.15) is 4.37 Å². The molecule has 1 fully saturated rings. The molecule has 1 aliphatic heterocycles. The van der Waals surface area contributed by atoms with Gasteiger partial charge >= 0.3 is 0 Å². The Morgan fingerprint density at radius 2 is 2.14 bits per heavy atom. The molecule has 0 aromatic carbocycles. The molecule has 0 radical (unpaired) electrons. The van der Waals surface area contributed by atoms with Crippen LogP contribution in [-0.2, 0) is 0 Å². The number of carbonyl (C=O) groups is 1. The predicted molar refractivity (Wildman–Crippen MR) is 86.7 cm³/mol. The van der Waals surface area contributed by atoms with Crippen molar-refractivity contribution in [1.82, 2.24) is 14.3 Å². The number of piperidine rings is 1. The minimum absolute atomic E-state index is 0.145. The van der Waals surface area contributed by atoms with E-state index in [0.717, 1.165) is 42.4 Å². The maximum Gasteiger partial charge on any atom is 0.271 e. The van der Waals surface area contributed by atoms with Gasteiger partial charge in [0, 0.05) is 13.1 Å². The predicted octanol–water partition coefficient (Wildman–Crippen LogP) is 2.07. The SMILES string of the molecule is Cc1cc(Nc2nc(N3CCCCC3)cnc2C(N)=O)sn1.